The number of fused-ring (bicyclic) bond motifs is 1. The molecule has 0 saturated carbocycles. The number of nitrogens with zero attached hydrogens (tertiary/aromatic N) is 2. The minimum Gasteiger partial charge on any atom is -0.377 e. The second-order valence-electron chi connectivity index (χ2n) is 10.2. The lowest BCUT2D eigenvalue weighted by atomic mass is 9.72. The average Bonchev–Trinajstić information content (AvgIpc) is 3.15. The number of nitrogens with one attached hydrogen (secondary N) is 1. The third kappa shape index (κ3) is 5.44. The number of anilines is 2. The highest BCUT2D eigenvalue weighted by Gasteiger charge is 2.33. The van der Waals surface area contributed by atoms with E-state index >= 15 is 0 Å². The van der Waals surface area contributed by atoms with E-state index in [4.69, 9.17) is 4.99 Å². The number of hydrogen-bond acceptors (Lipinski definition) is 4. The van der Waals surface area contributed by atoms with E-state index in [9.17, 15) is 4.79 Å². The zero-order chi connectivity index (χ0) is 24.5. The van der Waals surface area contributed by atoms with Gasteiger partial charge in [-0.25, -0.2) is 4.99 Å². The van der Waals surface area contributed by atoms with Gasteiger partial charge >= 0.3 is 0 Å². The second-order valence-corrected chi connectivity index (χ2v) is 12.1. The molecule has 1 heterocycles. The zero-order valence-electron chi connectivity index (χ0n) is 20.5. The molecule has 1 N–H and O–H groups in total. The Labute approximate surface area is 215 Å². The third-order valence-corrected chi connectivity index (χ3v) is 8.31. The third-order valence-electron chi connectivity index (χ3n) is 6.51. The van der Waals surface area contributed by atoms with E-state index in [1.807, 2.05) is 50.6 Å². The van der Waals surface area contributed by atoms with Crippen LogP contribution in [-0.4, -0.2) is 26.2 Å². The molecule has 0 radical (unpaired) electrons. The van der Waals surface area contributed by atoms with Crippen LogP contribution in [0, 0.1) is 11.3 Å². The lowest BCUT2D eigenvalue weighted by molar-refractivity contribution is 0.102. The monoisotopic (exact) mass is 537 g/mol. The molecule has 1 amide bonds. The van der Waals surface area contributed by atoms with Crippen LogP contribution in [0.25, 0.3) is 0 Å². The molecule has 0 saturated heterocycles. The van der Waals surface area contributed by atoms with E-state index in [1.165, 1.54) is 10.4 Å². The number of amides is 1. The van der Waals surface area contributed by atoms with Gasteiger partial charge in [-0.1, -0.05) is 45.0 Å². The van der Waals surface area contributed by atoms with Gasteiger partial charge in [0.15, 0.2) is 0 Å². The van der Waals surface area contributed by atoms with Crippen molar-refractivity contribution in [2.45, 2.75) is 40.0 Å². The molecule has 0 unspecified atom stereocenters. The zero-order valence-corrected chi connectivity index (χ0v) is 22.9. The summed E-state index contributed by atoms with van der Waals surface area (Å²) < 4.78 is 1.02. The topological polar surface area (TPSA) is 44.7 Å². The second kappa shape index (κ2) is 10.0. The van der Waals surface area contributed by atoms with Crippen LogP contribution in [-0.2, 0) is 12.8 Å². The Bertz CT molecular complexity index is 1210. The molecule has 0 aliphatic heterocycles. The number of carbonyl (C=O) groups excluding carboxylic acids is 1. The Kier molecular flexibility index (Phi) is 7.29. The Hall–Kier alpha value is -2.44. The molecule has 34 heavy (non-hydrogen) atoms. The van der Waals surface area contributed by atoms with Crippen LogP contribution in [0.4, 0.5) is 16.4 Å². The van der Waals surface area contributed by atoms with Gasteiger partial charge in [-0.2, -0.15) is 0 Å². The van der Waals surface area contributed by atoms with Crippen molar-refractivity contribution in [2.75, 3.05) is 24.3 Å². The largest absolute Gasteiger partial charge is 0.377 e. The molecule has 6 heteroatoms. The summed E-state index contributed by atoms with van der Waals surface area (Å²) in [6.07, 6.45) is 4.89. The van der Waals surface area contributed by atoms with Crippen molar-refractivity contribution in [3.63, 3.8) is 0 Å². The highest BCUT2D eigenvalue weighted by Crippen LogP contribution is 2.45. The highest BCUT2D eigenvalue weighted by molar-refractivity contribution is 9.10. The van der Waals surface area contributed by atoms with Gasteiger partial charge in [0.1, 0.15) is 5.00 Å². The molecule has 0 spiro atoms. The highest BCUT2D eigenvalue weighted by atomic mass is 79.9. The summed E-state index contributed by atoms with van der Waals surface area (Å²) in [7, 11) is 4.04. The Morgan fingerprint density at radius 1 is 1.18 bits per heavy atom. The normalized spacial score (nSPS) is 15.9. The molecular formula is C28H32BrN3OS. The minimum atomic E-state index is -0.0748. The number of thiophene rings is 1. The summed E-state index contributed by atoms with van der Waals surface area (Å²) in [5.41, 5.74) is 5.06. The van der Waals surface area contributed by atoms with Crippen LogP contribution in [0.15, 0.2) is 58.0 Å². The first-order chi connectivity index (χ1) is 16.1. The maximum atomic E-state index is 13.4. The minimum absolute atomic E-state index is 0.0748. The van der Waals surface area contributed by atoms with Gasteiger partial charge in [0.05, 0.1) is 11.3 Å². The number of carbonyl (C=O) groups is 1. The fourth-order valence-corrected chi connectivity index (χ4v) is 6.47. The Morgan fingerprint density at radius 2 is 1.91 bits per heavy atom. The SMILES string of the molecule is CN(C)c1ccc(C=Nc2sc3c(c2C(=O)Nc2ccccc2)CC[C@H](C(C)(C)C)C3)cc1Br. The van der Waals surface area contributed by atoms with Gasteiger partial charge in [-0.05, 0) is 81.9 Å². The first-order valence-electron chi connectivity index (χ1n) is 11.7. The van der Waals surface area contributed by atoms with Crippen molar-refractivity contribution < 1.29 is 4.79 Å². The van der Waals surface area contributed by atoms with Crippen LogP contribution in [0.1, 0.15) is 53.6 Å². The summed E-state index contributed by atoms with van der Waals surface area (Å²) in [6.45, 7) is 6.94. The van der Waals surface area contributed by atoms with Crippen LogP contribution in [0.3, 0.4) is 0 Å². The lowest BCUT2D eigenvalue weighted by Gasteiger charge is -2.33. The van der Waals surface area contributed by atoms with E-state index in [-0.39, 0.29) is 11.3 Å². The molecule has 2 aromatic carbocycles. The fraction of sp³-hybridized carbons (Fsp3) is 0.357. The summed E-state index contributed by atoms with van der Waals surface area (Å²) in [4.78, 5) is 21.7. The molecule has 1 atom stereocenters. The molecular weight excluding hydrogens is 506 g/mol. The number of hydrogen-bond donors (Lipinski definition) is 1. The smallest absolute Gasteiger partial charge is 0.259 e. The van der Waals surface area contributed by atoms with Crippen LogP contribution < -0.4 is 10.2 Å². The molecule has 1 aromatic heterocycles. The molecule has 178 valence electrons. The molecule has 4 rings (SSSR count). The summed E-state index contributed by atoms with van der Waals surface area (Å²) in [6, 6.07) is 15.8. The van der Waals surface area contributed by atoms with Crippen molar-refractivity contribution in [1.29, 1.82) is 0 Å². The lowest BCUT2D eigenvalue weighted by Crippen LogP contribution is -2.27. The average molecular weight is 539 g/mol. The number of rotatable bonds is 5. The summed E-state index contributed by atoms with van der Waals surface area (Å²) in [5, 5.41) is 3.88. The number of aliphatic imine (C=N–C) groups is 1. The van der Waals surface area contributed by atoms with Gasteiger partial charge in [-0.15, -0.1) is 11.3 Å². The van der Waals surface area contributed by atoms with Gasteiger partial charge in [0.25, 0.3) is 5.91 Å². The first kappa shape index (κ1) is 24.7. The molecule has 1 aliphatic rings. The molecule has 0 fully saturated rings. The van der Waals surface area contributed by atoms with Crippen molar-refractivity contribution in [3.05, 3.63) is 74.6 Å². The first-order valence-corrected chi connectivity index (χ1v) is 13.3. The maximum Gasteiger partial charge on any atom is 0.259 e. The van der Waals surface area contributed by atoms with E-state index < -0.39 is 0 Å². The van der Waals surface area contributed by atoms with Crippen molar-refractivity contribution in [1.82, 2.24) is 0 Å². The van der Waals surface area contributed by atoms with Crippen LogP contribution in [0.5, 0.6) is 0 Å². The Morgan fingerprint density at radius 3 is 2.56 bits per heavy atom. The van der Waals surface area contributed by atoms with Gasteiger partial charge in [0, 0.05) is 35.3 Å². The van der Waals surface area contributed by atoms with Gasteiger partial charge in [0.2, 0.25) is 0 Å². The number of halogens is 1. The summed E-state index contributed by atoms with van der Waals surface area (Å²) >= 11 is 5.33. The van der Waals surface area contributed by atoms with E-state index in [0.717, 1.165) is 51.2 Å². The quantitative estimate of drug-likeness (QED) is 0.338. The molecule has 4 nitrogen and oxygen atoms in total. The molecule has 0 bridgehead atoms. The van der Waals surface area contributed by atoms with Crippen LogP contribution in [0.2, 0.25) is 0 Å². The van der Waals surface area contributed by atoms with E-state index in [0.29, 0.717) is 5.92 Å². The standard InChI is InChI=1S/C28H32BrN3OS/c1-28(2,3)19-12-13-21-24(16-19)34-27(25(21)26(33)31-20-9-7-6-8-10-20)30-17-18-11-14-23(32(4)5)22(29)15-18/h6-11,14-15,17,19H,12-13,16H2,1-5H3,(H,31,33)/t19-/m0/s1. The van der Waals surface area contributed by atoms with Gasteiger partial charge in [-0.3, -0.25) is 4.79 Å². The predicted octanol–water partition coefficient (Wildman–Crippen LogP) is 7.73. The number of para-hydroxylation sites is 1. The predicted molar refractivity (Wildman–Crippen MR) is 149 cm³/mol. The van der Waals surface area contributed by atoms with Crippen molar-refractivity contribution in [2.24, 2.45) is 16.3 Å². The van der Waals surface area contributed by atoms with Gasteiger partial charge < -0.3 is 10.2 Å². The molecule has 1 aliphatic carbocycles. The molecule has 3 aromatic rings. The van der Waals surface area contributed by atoms with E-state index in [1.54, 1.807) is 11.3 Å². The van der Waals surface area contributed by atoms with Crippen molar-refractivity contribution in [3.8, 4) is 0 Å². The fourth-order valence-electron chi connectivity index (χ4n) is 4.45. The van der Waals surface area contributed by atoms with E-state index in [2.05, 4.69) is 65.1 Å². The number of benzene rings is 2. The van der Waals surface area contributed by atoms with Crippen molar-refractivity contribution >= 4 is 55.8 Å². The van der Waals surface area contributed by atoms with Crippen LogP contribution >= 0.6 is 27.3 Å². The maximum absolute atomic E-state index is 13.4. The summed E-state index contributed by atoms with van der Waals surface area (Å²) in [5.74, 6) is 0.532. The Balaban J connectivity index is 1.69.